The van der Waals surface area contributed by atoms with Crippen molar-refractivity contribution in [2.24, 2.45) is 0 Å². The fourth-order valence-electron chi connectivity index (χ4n) is 13.5. The van der Waals surface area contributed by atoms with Crippen LogP contribution in [0, 0.1) is 0 Å². The van der Waals surface area contributed by atoms with Gasteiger partial charge in [0.2, 0.25) is 0 Å². The van der Waals surface area contributed by atoms with E-state index in [2.05, 4.69) is 257 Å². The predicted molar refractivity (Wildman–Crippen MR) is 305 cm³/mol. The Kier molecular flexibility index (Phi) is 7.55. The SMILES string of the molecule is c1ccc(-c2ccc(N3c4ccc(-c5ccccc5)cc4B4c5c3cc(-n3c6ccccc6c6c7ccccc7ccc63)cc5-n3c5ccc6cccc7c6c5c5c(ccc4c53)-c3ccccc3-7)cc2)cc1. The number of fused-ring (bicyclic) bond motifs is 13. The van der Waals surface area contributed by atoms with E-state index in [1.807, 2.05) is 0 Å². The van der Waals surface area contributed by atoms with Crippen LogP contribution in [0.25, 0.3) is 121 Å². The highest BCUT2D eigenvalue weighted by atomic mass is 15.2. The van der Waals surface area contributed by atoms with Crippen LogP contribution in [0.1, 0.15) is 0 Å². The molecule has 0 unspecified atom stereocenters. The van der Waals surface area contributed by atoms with Gasteiger partial charge in [-0.2, -0.15) is 0 Å². The van der Waals surface area contributed by atoms with Gasteiger partial charge in [-0.25, -0.2) is 0 Å². The van der Waals surface area contributed by atoms with Crippen molar-refractivity contribution in [2.75, 3.05) is 4.90 Å². The van der Waals surface area contributed by atoms with Gasteiger partial charge in [-0.3, -0.25) is 0 Å². The second-order valence-electron chi connectivity index (χ2n) is 19.9. The lowest BCUT2D eigenvalue weighted by Crippen LogP contribution is -2.60. The molecule has 17 rings (SSSR count). The maximum Gasteiger partial charge on any atom is 0.252 e. The molecule has 1 aliphatic carbocycles. The topological polar surface area (TPSA) is 13.1 Å². The molecule has 12 aromatic carbocycles. The Morgan fingerprint density at radius 1 is 0.292 bits per heavy atom. The number of nitrogens with zero attached hydrogens (tertiary/aromatic N) is 3. The van der Waals surface area contributed by atoms with Crippen LogP contribution in [0.15, 0.2) is 243 Å². The van der Waals surface area contributed by atoms with Gasteiger partial charge < -0.3 is 14.0 Å². The molecule has 0 amide bonds. The van der Waals surface area contributed by atoms with Gasteiger partial charge in [0, 0.05) is 44.3 Å². The molecule has 2 aliphatic heterocycles. The van der Waals surface area contributed by atoms with Crippen molar-refractivity contribution < 1.29 is 0 Å². The van der Waals surface area contributed by atoms with Gasteiger partial charge in [0.1, 0.15) is 0 Å². The van der Waals surface area contributed by atoms with Crippen molar-refractivity contribution in [3.8, 4) is 55.9 Å². The lowest BCUT2D eigenvalue weighted by atomic mass is 9.33. The first-order chi connectivity index (χ1) is 35.7. The molecular formula is C68H40BN3. The van der Waals surface area contributed by atoms with E-state index in [-0.39, 0.29) is 6.71 Å². The normalized spacial score (nSPS) is 12.9. The zero-order valence-electron chi connectivity index (χ0n) is 39.0. The van der Waals surface area contributed by atoms with Crippen molar-refractivity contribution in [3.63, 3.8) is 0 Å². The van der Waals surface area contributed by atoms with Gasteiger partial charge in [-0.05, 0) is 131 Å². The Labute approximate surface area is 415 Å². The minimum atomic E-state index is -0.0558. The van der Waals surface area contributed by atoms with Crippen LogP contribution in [-0.4, -0.2) is 15.8 Å². The fourth-order valence-corrected chi connectivity index (χ4v) is 13.5. The van der Waals surface area contributed by atoms with Crippen molar-refractivity contribution in [1.29, 1.82) is 0 Å². The first-order valence-corrected chi connectivity index (χ1v) is 25.1. The average Bonchev–Trinajstić information content (AvgIpc) is 3.95. The summed E-state index contributed by atoms with van der Waals surface area (Å²) >= 11 is 0. The molecule has 0 radical (unpaired) electrons. The lowest BCUT2D eigenvalue weighted by molar-refractivity contribution is 1.13. The molecule has 4 heteroatoms. The minimum Gasteiger partial charge on any atom is -0.311 e. The maximum atomic E-state index is 2.67. The summed E-state index contributed by atoms with van der Waals surface area (Å²) in [7, 11) is 0. The molecule has 2 aromatic heterocycles. The highest BCUT2D eigenvalue weighted by molar-refractivity contribution is 7.00. The highest BCUT2D eigenvalue weighted by Gasteiger charge is 2.44. The lowest BCUT2D eigenvalue weighted by Gasteiger charge is -2.41. The number of anilines is 3. The van der Waals surface area contributed by atoms with Gasteiger partial charge in [-0.1, -0.05) is 194 Å². The van der Waals surface area contributed by atoms with E-state index in [0.717, 1.165) is 11.4 Å². The van der Waals surface area contributed by atoms with E-state index in [1.54, 1.807) is 0 Å². The molecule has 3 aliphatic rings. The monoisotopic (exact) mass is 909 g/mol. The van der Waals surface area contributed by atoms with Crippen LogP contribution < -0.4 is 21.3 Å². The van der Waals surface area contributed by atoms with E-state index >= 15 is 0 Å². The predicted octanol–water partition coefficient (Wildman–Crippen LogP) is 15.8. The van der Waals surface area contributed by atoms with E-state index in [0.29, 0.717) is 0 Å². The fraction of sp³-hybridized carbons (Fsp3) is 0. The number of hydrogen-bond donors (Lipinski definition) is 0. The Morgan fingerprint density at radius 2 is 0.903 bits per heavy atom. The molecule has 4 heterocycles. The third-order valence-electron chi connectivity index (χ3n) is 16.4. The van der Waals surface area contributed by atoms with Crippen LogP contribution >= 0.6 is 0 Å². The number of para-hydroxylation sites is 1. The number of aromatic nitrogens is 2. The molecule has 330 valence electrons. The Morgan fingerprint density at radius 3 is 1.71 bits per heavy atom. The summed E-state index contributed by atoms with van der Waals surface area (Å²) in [6, 6.07) is 91.2. The van der Waals surface area contributed by atoms with E-state index in [1.165, 1.54) is 143 Å². The van der Waals surface area contributed by atoms with Crippen molar-refractivity contribution in [1.82, 2.24) is 9.13 Å². The Hall–Kier alpha value is -9.38. The second kappa shape index (κ2) is 14.1. The standard InChI is InChI=1S/C68H40BN3/c1-3-14-41(15-4-1)43-26-31-47(32-27-43)70-58-35-30-46(42-16-5-2-6-17-42)38-56(58)69-55-34-33-53-51-22-10-9-21-50(51)52-24-13-19-45-29-37-60-66(63(45)52)65(53)68(55)72(60)62-40-48(39-61(70)67(62)69)71-57-25-12-11-23-54(57)64-49-20-8-7-18-44(49)28-36-59(64)71/h1-40H. The largest absolute Gasteiger partial charge is 0.311 e. The van der Waals surface area contributed by atoms with Crippen molar-refractivity contribution in [2.45, 2.75) is 0 Å². The first kappa shape index (κ1) is 38.5. The van der Waals surface area contributed by atoms with Gasteiger partial charge in [0.05, 0.1) is 27.8 Å². The molecule has 3 nitrogen and oxygen atoms in total. The van der Waals surface area contributed by atoms with Gasteiger partial charge in [0.15, 0.2) is 0 Å². The summed E-state index contributed by atoms with van der Waals surface area (Å²) < 4.78 is 5.20. The third kappa shape index (κ3) is 5.00. The number of hydrogen-bond acceptors (Lipinski definition) is 1. The molecule has 0 saturated heterocycles. The molecule has 0 bridgehead atoms. The van der Waals surface area contributed by atoms with Crippen LogP contribution in [-0.2, 0) is 0 Å². The molecule has 14 aromatic rings. The van der Waals surface area contributed by atoms with E-state index in [4.69, 9.17) is 0 Å². The molecule has 0 N–H and O–H groups in total. The Balaban J connectivity index is 1.05. The summed E-state index contributed by atoms with van der Waals surface area (Å²) in [5.74, 6) is 0. The van der Waals surface area contributed by atoms with Crippen LogP contribution in [0.2, 0.25) is 0 Å². The summed E-state index contributed by atoms with van der Waals surface area (Å²) in [6.45, 7) is -0.0558. The highest BCUT2D eigenvalue weighted by Crippen LogP contribution is 2.52. The third-order valence-corrected chi connectivity index (χ3v) is 16.4. The van der Waals surface area contributed by atoms with Gasteiger partial charge >= 0.3 is 0 Å². The van der Waals surface area contributed by atoms with Crippen LogP contribution in [0.3, 0.4) is 0 Å². The number of benzene rings is 12. The minimum absolute atomic E-state index is 0.0558. The number of rotatable bonds is 4. The molecule has 0 fully saturated rings. The summed E-state index contributed by atoms with van der Waals surface area (Å²) in [4.78, 5) is 2.57. The van der Waals surface area contributed by atoms with E-state index < -0.39 is 0 Å². The van der Waals surface area contributed by atoms with Crippen molar-refractivity contribution >= 4 is 105 Å². The summed E-state index contributed by atoms with van der Waals surface area (Å²) in [5, 5.41) is 10.3. The summed E-state index contributed by atoms with van der Waals surface area (Å²) in [5.41, 5.74) is 24.7. The van der Waals surface area contributed by atoms with Crippen LogP contribution in [0.4, 0.5) is 17.1 Å². The van der Waals surface area contributed by atoms with E-state index in [9.17, 15) is 0 Å². The molecular weight excluding hydrogens is 870 g/mol. The van der Waals surface area contributed by atoms with Crippen LogP contribution in [0.5, 0.6) is 0 Å². The quantitative estimate of drug-likeness (QED) is 0.160. The summed E-state index contributed by atoms with van der Waals surface area (Å²) in [6.07, 6.45) is 0. The zero-order valence-corrected chi connectivity index (χ0v) is 39.0. The molecule has 0 spiro atoms. The Bertz CT molecular complexity index is 4680. The van der Waals surface area contributed by atoms with Gasteiger partial charge in [-0.15, -0.1) is 0 Å². The first-order valence-electron chi connectivity index (χ1n) is 25.1. The molecule has 72 heavy (non-hydrogen) atoms. The van der Waals surface area contributed by atoms with Gasteiger partial charge in [0.25, 0.3) is 6.71 Å². The molecule has 0 atom stereocenters. The zero-order chi connectivity index (χ0) is 46.8. The second-order valence-corrected chi connectivity index (χ2v) is 19.9. The molecule has 0 saturated carbocycles. The smallest absolute Gasteiger partial charge is 0.252 e. The van der Waals surface area contributed by atoms with Crippen molar-refractivity contribution in [3.05, 3.63) is 243 Å². The maximum absolute atomic E-state index is 2.67. The average molecular weight is 910 g/mol.